The zero-order valence-corrected chi connectivity index (χ0v) is 12.2. The third-order valence-electron chi connectivity index (χ3n) is 3.11. The summed E-state index contributed by atoms with van der Waals surface area (Å²) in [5.41, 5.74) is 3.29. The summed E-state index contributed by atoms with van der Waals surface area (Å²) in [4.78, 5) is 12.5. The molecule has 0 N–H and O–H groups in total. The Balaban J connectivity index is 2.05. The molecule has 2 aromatic rings. The van der Waals surface area contributed by atoms with Crippen LogP contribution in [0.15, 0.2) is 48.8 Å². The molecule has 1 aromatic carbocycles. The maximum atomic E-state index is 10.5. The van der Waals surface area contributed by atoms with E-state index in [1.807, 2.05) is 38.4 Å². The van der Waals surface area contributed by atoms with Gasteiger partial charge in [-0.25, -0.2) is 0 Å². The molecule has 1 heterocycles. The van der Waals surface area contributed by atoms with Crippen LogP contribution >= 0.6 is 0 Å². The first-order valence-corrected chi connectivity index (χ1v) is 6.69. The van der Waals surface area contributed by atoms with Crippen LogP contribution in [0.1, 0.15) is 11.1 Å². The topological polar surface area (TPSA) is 47.2 Å². The standard InChI is InChI=1S/C17H18N2O2/c1-18(2)16-7-5-14(6-8-16)3-4-15-9-11-19(12-10-15)13-17(20)21/h3-12H,13H2,1-2H3. The second-order valence-electron chi connectivity index (χ2n) is 5.00. The van der Waals surface area contributed by atoms with Crippen LogP contribution in [0.2, 0.25) is 0 Å². The Bertz CT molecular complexity index is 629. The van der Waals surface area contributed by atoms with Gasteiger partial charge in [-0.3, -0.25) is 0 Å². The lowest BCUT2D eigenvalue weighted by Gasteiger charge is -2.11. The van der Waals surface area contributed by atoms with Crippen molar-refractivity contribution >= 4 is 23.8 Å². The fourth-order valence-electron chi connectivity index (χ4n) is 1.91. The molecule has 4 nitrogen and oxygen atoms in total. The number of benzene rings is 1. The number of carboxylic acids is 1. The van der Waals surface area contributed by atoms with Crippen molar-refractivity contribution in [3.8, 4) is 0 Å². The number of anilines is 1. The first kappa shape index (κ1) is 14.8. The average Bonchev–Trinajstić information content (AvgIpc) is 2.46. The summed E-state index contributed by atoms with van der Waals surface area (Å²) in [5, 5.41) is 10.5. The predicted octanol–water partition coefficient (Wildman–Crippen LogP) is 0.960. The van der Waals surface area contributed by atoms with Gasteiger partial charge in [-0.2, -0.15) is 4.57 Å². The van der Waals surface area contributed by atoms with Crippen LogP contribution in [0.4, 0.5) is 5.69 Å². The SMILES string of the molecule is CN(C)c1ccc(/C=C/c2cc[n+](CC(=O)[O-])cc2)cc1. The Morgan fingerprint density at radius 2 is 1.57 bits per heavy atom. The summed E-state index contributed by atoms with van der Waals surface area (Å²) in [5.74, 6) is -1.09. The molecular formula is C17H18N2O2. The molecule has 108 valence electrons. The fraction of sp³-hybridized carbons (Fsp3) is 0.176. The minimum absolute atomic E-state index is 0.129. The zero-order chi connectivity index (χ0) is 15.2. The molecule has 0 fully saturated rings. The van der Waals surface area contributed by atoms with Crippen molar-refractivity contribution in [1.82, 2.24) is 0 Å². The van der Waals surface area contributed by atoms with Crippen LogP contribution in [0.25, 0.3) is 12.2 Å². The largest absolute Gasteiger partial charge is 0.544 e. The molecule has 0 aliphatic heterocycles. The number of carbonyl (C=O) groups excluding carboxylic acids is 1. The second-order valence-corrected chi connectivity index (χ2v) is 5.00. The van der Waals surface area contributed by atoms with E-state index in [2.05, 4.69) is 29.2 Å². The van der Waals surface area contributed by atoms with Gasteiger partial charge in [0.05, 0.1) is 0 Å². The number of aliphatic carboxylic acids is 1. The third kappa shape index (κ3) is 4.45. The second kappa shape index (κ2) is 6.70. The van der Waals surface area contributed by atoms with Crippen molar-refractivity contribution in [3.63, 3.8) is 0 Å². The van der Waals surface area contributed by atoms with Gasteiger partial charge in [0.15, 0.2) is 18.9 Å². The van der Waals surface area contributed by atoms with E-state index in [0.29, 0.717) is 0 Å². The van der Waals surface area contributed by atoms with Gasteiger partial charge in [-0.15, -0.1) is 0 Å². The van der Waals surface area contributed by atoms with Crippen molar-refractivity contribution in [3.05, 3.63) is 59.9 Å². The number of hydrogen-bond donors (Lipinski definition) is 0. The van der Waals surface area contributed by atoms with Crippen molar-refractivity contribution < 1.29 is 14.5 Å². The van der Waals surface area contributed by atoms with E-state index in [1.54, 1.807) is 17.0 Å². The predicted molar refractivity (Wildman–Crippen MR) is 81.3 cm³/mol. The molecule has 0 aliphatic rings. The third-order valence-corrected chi connectivity index (χ3v) is 3.11. The number of rotatable bonds is 5. The molecule has 4 heteroatoms. The van der Waals surface area contributed by atoms with Crippen molar-refractivity contribution in [2.45, 2.75) is 6.54 Å². The molecule has 0 atom stereocenters. The minimum Gasteiger partial charge on any atom is -0.544 e. The zero-order valence-electron chi connectivity index (χ0n) is 12.2. The van der Waals surface area contributed by atoms with E-state index in [0.717, 1.165) is 16.8 Å². The van der Waals surface area contributed by atoms with E-state index in [4.69, 9.17) is 0 Å². The van der Waals surface area contributed by atoms with Gasteiger partial charge in [-0.05, 0) is 23.3 Å². The van der Waals surface area contributed by atoms with Gasteiger partial charge >= 0.3 is 0 Å². The number of carbonyl (C=O) groups is 1. The van der Waals surface area contributed by atoms with Gasteiger partial charge in [0, 0.05) is 31.9 Å². The van der Waals surface area contributed by atoms with Crippen LogP contribution in [0.3, 0.4) is 0 Å². The molecule has 0 saturated carbocycles. The monoisotopic (exact) mass is 282 g/mol. The summed E-state index contributed by atoms with van der Waals surface area (Å²) in [6.45, 7) is -0.129. The highest BCUT2D eigenvalue weighted by atomic mass is 16.4. The first-order chi connectivity index (χ1) is 10.0. The van der Waals surface area contributed by atoms with Crippen molar-refractivity contribution in [2.24, 2.45) is 0 Å². The lowest BCUT2D eigenvalue weighted by atomic mass is 10.1. The molecule has 0 amide bonds. The van der Waals surface area contributed by atoms with Crippen molar-refractivity contribution in [1.29, 1.82) is 0 Å². The van der Waals surface area contributed by atoms with E-state index in [9.17, 15) is 9.90 Å². The van der Waals surface area contributed by atoms with E-state index < -0.39 is 5.97 Å². The molecule has 0 spiro atoms. The highest BCUT2D eigenvalue weighted by Gasteiger charge is 1.99. The number of carboxylic acid groups (broad SMARTS) is 1. The fourth-order valence-corrected chi connectivity index (χ4v) is 1.91. The molecule has 21 heavy (non-hydrogen) atoms. The van der Waals surface area contributed by atoms with Gasteiger partial charge in [0.2, 0.25) is 0 Å². The molecular weight excluding hydrogens is 264 g/mol. The summed E-state index contributed by atoms with van der Waals surface area (Å²) in [7, 11) is 4.02. The smallest absolute Gasteiger partial charge is 0.187 e. The number of nitrogens with zero attached hydrogens (tertiary/aromatic N) is 2. The van der Waals surface area contributed by atoms with E-state index in [-0.39, 0.29) is 6.54 Å². The van der Waals surface area contributed by atoms with Crippen LogP contribution in [-0.4, -0.2) is 20.1 Å². The Kier molecular flexibility index (Phi) is 4.72. The molecule has 0 radical (unpaired) electrons. The highest BCUT2D eigenvalue weighted by molar-refractivity contribution is 5.70. The molecule has 0 saturated heterocycles. The lowest BCUT2D eigenvalue weighted by molar-refractivity contribution is -0.690. The van der Waals surface area contributed by atoms with E-state index >= 15 is 0 Å². The number of aromatic nitrogens is 1. The molecule has 2 rings (SSSR count). The summed E-state index contributed by atoms with van der Waals surface area (Å²) in [6.07, 6.45) is 7.47. The van der Waals surface area contributed by atoms with Gasteiger partial charge in [0.1, 0.15) is 5.97 Å². The molecule has 0 bridgehead atoms. The normalized spacial score (nSPS) is 10.8. The Morgan fingerprint density at radius 3 is 2.05 bits per heavy atom. The molecule has 1 aromatic heterocycles. The van der Waals surface area contributed by atoms with E-state index in [1.165, 1.54) is 0 Å². The quantitative estimate of drug-likeness (QED) is 0.768. The Labute approximate surface area is 124 Å². The van der Waals surface area contributed by atoms with Crippen LogP contribution in [0.5, 0.6) is 0 Å². The van der Waals surface area contributed by atoms with Gasteiger partial charge in [-0.1, -0.05) is 24.3 Å². The molecule has 0 aliphatic carbocycles. The minimum atomic E-state index is -1.09. The van der Waals surface area contributed by atoms with Gasteiger partial charge < -0.3 is 14.8 Å². The summed E-state index contributed by atoms with van der Waals surface area (Å²) >= 11 is 0. The highest BCUT2D eigenvalue weighted by Crippen LogP contribution is 2.14. The summed E-state index contributed by atoms with van der Waals surface area (Å²) in [6, 6.07) is 12.0. The Hall–Kier alpha value is -2.62. The average molecular weight is 282 g/mol. The summed E-state index contributed by atoms with van der Waals surface area (Å²) < 4.78 is 1.57. The van der Waals surface area contributed by atoms with Crippen LogP contribution < -0.4 is 14.6 Å². The number of pyridine rings is 1. The Morgan fingerprint density at radius 1 is 1.05 bits per heavy atom. The van der Waals surface area contributed by atoms with Crippen LogP contribution in [0, 0.1) is 0 Å². The van der Waals surface area contributed by atoms with Gasteiger partial charge in [0.25, 0.3) is 0 Å². The maximum Gasteiger partial charge on any atom is 0.187 e. The molecule has 0 unspecified atom stereocenters. The van der Waals surface area contributed by atoms with Crippen molar-refractivity contribution in [2.75, 3.05) is 19.0 Å². The number of hydrogen-bond acceptors (Lipinski definition) is 3. The van der Waals surface area contributed by atoms with Crippen LogP contribution in [-0.2, 0) is 11.3 Å². The first-order valence-electron chi connectivity index (χ1n) is 6.69. The lowest BCUT2D eigenvalue weighted by Crippen LogP contribution is -2.43. The maximum absolute atomic E-state index is 10.5.